The monoisotopic (exact) mass is 379 g/mol. The summed E-state index contributed by atoms with van der Waals surface area (Å²) in [4.78, 5) is 21.9. The number of rotatable bonds is 5. The fourth-order valence-electron chi connectivity index (χ4n) is 3.00. The summed E-state index contributed by atoms with van der Waals surface area (Å²) < 4.78 is 3.49. The summed E-state index contributed by atoms with van der Waals surface area (Å²) >= 11 is 6.18. The fraction of sp³-hybridized carbons (Fsp3) is 0.200. The molecule has 136 valence electrons. The highest BCUT2D eigenvalue weighted by Crippen LogP contribution is 2.21. The average Bonchev–Trinajstić information content (AvgIpc) is 3.25. The molecule has 0 saturated heterocycles. The zero-order valence-electron chi connectivity index (χ0n) is 15.0. The van der Waals surface area contributed by atoms with Gasteiger partial charge in [0.05, 0.1) is 29.0 Å². The molecule has 0 N–H and O–H groups in total. The van der Waals surface area contributed by atoms with Gasteiger partial charge in [-0.3, -0.25) is 13.9 Å². The predicted molar refractivity (Wildman–Crippen MR) is 104 cm³/mol. The van der Waals surface area contributed by atoms with Gasteiger partial charge in [-0.25, -0.2) is 9.97 Å². The van der Waals surface area contributed by atoms with Crippen molar-refractivity contribution in [3.8, 4) is 11.3 Å². The minimum atomic E-state index is -0.113. The molecule has 7 heteroatoms. The first-order chi connectivity index (χ1) is 13.0. The maximum absolute atomic E-state index is 12.8. The van der Waals surface area contributed by atoms with Crippen LogP contribution in [-0.2, 0) is 6.42 Å². The van der Waals surface area contributed by atoms with Gasteiger partial charge in [0.1, 0.15) is 5.69 Å². The number of Topliss-reactive ketones (excluding diaryl/α,β-unsaturated/α-hetero) is 1. The van der Waals surface area contributed by atoms with Crippen molar-refractivity contribution >= 4 is 23.2 Å². The summed E-state index contributed by atoms with van der Waals surface area (Å²) in [6.45, 7) is 3.92. The van der Waals surface area contributed by atoms with Crippen molar-refractivity contribution in [3.63, 3.8) is 0 Å². The zero-order valence-corrected chi connectivity index (χ0v) is 15.8. The van der Waals surface area contributed by atoms with E-state index in [2.05, 4.69) is 15.1 Å². The molecule has 4 aromatic rings. The van der Waals surface area contributed by atoms with Crippen molar-refractivity contribution in [2.24, 2.45) is 0 Å². The van der Waals surface area contributed by atoms with Crippen LogP contribution in [0.1, 0.15) is 36.1 Å². The third-order valence-corrected chi connectivity index (χ3v) is 4.58. The van der Waals surface area contributed by atoms with E-state index in [0.717, 1.165) is 11.3 Å². The fourth-order valence-corrected chi connectivity index (χ4v) is 3.23. The lowest BCUT2D eigenvalue weighted by Gasteiger charge is -2.10. The number of aromatic nitrogens is 5. The summed E-state index contributed by atoms with van der Waals surface area (Å²) in [5.74, 6) is 0.445. The van der Waals surface area contributed by atoms with Crippen LogP contribution in [0, 0.1) is 0 Å². The molecule has 0 amide bonds. The number of benzene rings is 1. The van der Waals surface area contributed by atoms with E-state index in [0.29, 0.717) is 22.2 Å². The van der Waals surface area contributed by atoms with E-state index >= 15 is 0 Å². The molecule has 3 aromatic heterocycles. The van der Waals surface area contributed by atoms with Crippen LogP contribution in [0.3, 0.4) is 0 Å². The number of fused-ring (bicyclic) bond motifs is 1. The van der Waals surface area contributed by atoms with Crippen molar-refractivity contribution in [3.05, 3.63) is 71.4 Å². The van der Waals surface area contributed by atoms with Crippen LogP contribution < -0.4 is 0 Å². The van der Waals surface area contributed by atoms with E-state index in [1.807, 2.05) is 67.0 Å². The van der Waals surface area contributed by atoms with Crippen molar-refractivity contribution in [2.45, 2.75) is 26.3 Å². The van der Waals surface area contributed by atoms with Crippen LogP contribution >= 0.6 is 11.6 Å². The van der Waals surface area contributed by atoms with E-state index < -0.39 is 0 Å². The summed E-state index contributed by atoms with van der Waals surface area (Å²) in [5, 5.41) is 4.55. The van der Waals surface area contributed by atoms with Gasteiger partial charge in [-0.2, -0.15) is 5.10 Å². The topological polar surface area (TPSA) is 65.1 Å². The first-order valence-corrected chi connectivity index (χ1v) is 9.07. The van der Waals surface area contributed by atoms with Crippen LogP contribution in [-0.4, -0.2) is 29.9 Å². The van der Waals surface area contributed by atoms with Crippen LogP contribution in [0.2, 0.25) is 5.02 Å². The Morgan fingerprint density at radius 2 is 1.93 bits per heavy atom. The number of hydrogen-bond donors (Lipinski definition) is 0. The first-order valence-electron chi connectivity index (χ1n) is 8.69. The molecule has 1 aromatic carbocycles. The van der Waals surface area contributed by atoms with E-state index in [4.69, 9.17) is 11.6 Å². The standard InChI is InChI=1S/C20H18ClN5O/c1-13(2)26-19(16(21)11-22-26)18(27)10-15-8-9-25-12-17(24-20(25)23-15)14-6-4-3-5-7-14/h3-9,11-13H,10H2,1-2H3. The van der Waals surface area contributed by atoms with Crippen molar-refractivity contribution < 1.29 is 4.79 Å². The van der Waals surface area contributed by atoms with Gasteiger partial charge in [0, 0.05) is 24.0 Å². The second-order valence-corrected chi connectivity index (χ2v) is 7.00. The second-order valence-electron chi connectivity index (χ2n) is 6.60. The van der Waals surface area contributed by atoms with Crippen molar-refractivity contribution in [1.82, 2.24) is 24.1 Å². The number of hydrogen-bond acceptors (Lipinski definition) is 4. The highest BCUT2D eigenvalue weighted by molar-refractivity contribution is 6.33. The number of imidazole rings is 1. The Morgan fingerprint density at radius 1 is 1.15 bits per heavy atom. The van der Waals surface area contributed by atoms with Gasteiger partial charge in [0.15, 0.2) is 5.78 Å². The maximum Gasteiger partial charge on any atom is 0.234 e. The molecule has 0 spiro atoms. The second kappa shape index (κ2) is 6.96. The highest BCUT2D eigenvalue weighted by atomic mass is 35.5. The van der Waals surface area contributed by atoms with Gasteiger partial charge in [-0.15, -0.1) is 0 Å². The van der Waals surface area contributed by atoms with Crippen LogP contribution in [0.25, 0.3) is 17.0 Å². The lowest BCUT2D eigenvalue weighted by Crippen LogP contribution is -2.15. The molecule has 6 nitrogen and oxygen atoms in total. The Hall–Kier alpha value is -2.99. The smallest absolute Gasteiger partial charge is 0.234 e. The zero-order chi connectivity index (χ0) is 19.0. The lowest BCUT2D eigenvalue weighted by molar-refractivity contribution is 0.0980. The molecule has 0 radical (unpaired) electrons. The number of nitrogens with zero attached hydrogens (tertiary/aromatic N) is 5. The number of halogens is 1. The van der Waals surface area contributed by atoms with Gasteiger partial charge < -0.3 is 0 Å². The van der Waals surface area contributed by atoms with Gasteiger partial charge in [0.2, 0.25) is 5.78 Å². The van der Waals surface area contributed by atoms with Crippen LogP contribution in [0.5, 0.6) is 0 Å². The molecule has 0 bridgehead atoms. The summed E-state index contributed by atoms with van der Waals surface area (Å²) in [7, 11) is 0. The molecule has 0 aliphatic heterocycles. The van der Waals surface area contributed by atoms with E-state index in [-0.39, 0.29) is 18.2 Å². The summed E-state index contributed by atoms with van der Waals surface area (Å²) in [6, 6.07) is 11.8. The van der Waals surface area contributed by atoms with Gasteiger partial charge in [0.25, 0.3) is 0 Å². The third-order valence-electron chi connectivity index (χ3n) is 4.30. The molecule has 3 heterocycles. The van der Waals surface area contributed by atoms with Crippen LogP contribution in [0.15, 0.2) is 55.0 Å². The lowest BCUT2D eigenvalue weighted by atomic mass is 10.1. The van der Waals surface area contributed by atoms with Crippen LogP contribution in [0.4, 0.5) is 0 Å². The Morgan fingerprint density at radius 3 is 2.67 bits per heavy atom. The summed E-state index contributed by atoms with van der Waals surface area (Å²) in [5.41, 5.74) is 2.92. The normalized spacial score (nSPS) is 11.4. The van der Waals surface area contributed by atoms with Gasteiger partial charge in [-0.05, 0) is 19.9 Å². The quantitative estimate of drug-likeness (QED) is 0.486. The SMILES string of the molecule is CC(C)n1ncc(Cl)c1C(=O)Cc1ccn2cc(-c3ccccc3)nc2n1. The molecule has 4 rings (SSSR count). The van der Waals surface area contributed by atoms with Gasteiger partial charge >= 0.3 is 0 Å². The Kier molecular flexibility index (Phi) is 4.49. The first kappa shape index (κ1) is 17.4. The Balaban J connectivity index is 1.63. The van der Waals surface area contributed by atoms with Crippen molar-refractivity contribution in [1.29, 1.82) is 0 Å². The molecule has 0 saturated carbocycles. The summed E-state index contributed by atoms with van der Waals surface area (Å²) in [6.07, 6.45) is 5.44. The largest absolute Gasteiger partial charge is 0.292 e. The Bertz CT molecular complexity index is 1110. The third kappa shape index (κ3) is 3.36. The highest BCUT2D eigenvalue weighted by Gasteiger charge is 2.20. The molecule has 0 aliphatic rings. The maximum atomic E-state index is 12.8. The Labute approximate surface area is 161 Å². The van der Waals surface area contributed by atoms with E-state index in [1.54, 1.807) is 4.68 Å². The molecule has 0 atom stereocenters. The van der Waals surface area contributed by atoms with Gasteiger partial charge in [-0.1, -0.05) is 41.9 Å². The molecule has 0 unspecified atom stereocenters. The molecule has 0 aliphatic carbocycles. The van der Waals surface area contributed by atoms with E-state index in [9.17, 15) is 4.79 Å². The minimum absolute atomic E-state index is 0.0487. The van der Waals surface area contributed by atoms with Crippen molar-refractivity contribution in [2.75, 3.05) is 0 Å². The number of ketones is 1. The molecule has 27 heavy (non-hydrogen) atoms. The molecular weight excluding hydrogens is 362 g/mol. The van der Waals surface area contributed by atoms with E-state index in [1.165, 1.54) is 6.20 Å². The molecule has 0 fully saturated rings. The average molecular weight is 380 g/mol. The number of carbonyl (C=O) groups is 1. The molecular formula is C20H18ClN5O. The minimum Gasteiger partial charge on any atom is -0.292 e. The number of carbonyl (C=O) groups excluding carboxylic acids is 1. The predicted octanol–water partition coefficient (Wildman–Crippen LogP) is 4.25.